The maximum absolute atomic E-state index is 5.32. The zero-order chi connectivity index (χ0) is 13.5. The predicted octanol–water partition coefficient (Wildman–Crippen LogP) is -1.28. The standard InChI is InChI=1S/C8H23N5.C3H5ClO.ClH/c9-1-3-11-5-7-13-8-6-12-4-2-10;4-1-3-2-5-3;/h11-13H,1-10H2;3H,1-2H2;1H. The smallest absolute Gasteiger partial charge is 0.0944 e. The molecule has 0 bridgehead atoms. The molecule has 7 N–H and O–H groups in total. The Morgan fingerprint density at radius 2 is 1.26 bits per heavy atom. The van der Waals surface area contributed by atoms with Crippen LogP contribution in [0.15, 0.2) is 0 Å². The topological polar surface area (TPSA) is 101 Å². The van der Waals surface area contributed by atoms with Crippen LogP contribution in [0.4, 0.5) is 0 Å². The lowest BCUT2D eigenvalue weighted by molar-refractivity contribution is 0.425. The molecule has 0 amide bonds. The molecule has 8 heteroatoms. The van der Waals surface area contributed by atoms with E-state index in [9.17, 15) is 0 Å². The lowest BCUT2D eigenvalue weighted by Crippen LogP contribution is -2.35. The Kier molecular flexibility index (Phi) is 20.9. The average Bonchev–Trinajstić information content (AvgIpc) is 3.21. The predicted molar refractivity (Wildman–Crippen MR) is 84.4 cm³/mol. The molecule has 0 radical (unpaired) electrons. The fraction of sp³-hybridized carbons (Fsp3) is 1.00. The summed E-state index contributed by atoms with van der Waals surface area (Å²) < 4.78 is 4.73. The SMILES string of the molecule is Cl.ClCC1CO1.NCCNCCNCCNCCN. The molecule has 6 nitrogen and oxygen atoms in total. The van der Waals surface area contributed by atoms with Crippen LogP contribution in [0.2, 0.25) is 0 Å². The van der Waals surface area contributed by atoms with Crippen LogP contribution in [-0.4, -0.2) is 70.9 Å². The van der Waals surface area contributed by atoms with Crippen LogP contribution >= 0.6 is 24.0 Å². The molecule has 0 spiro atoms. The molecule has 0 aromatic carbocycles. The molecule has 118 valence electrons. The summed E-state index contributed by atoms with van der Waals surface area (Å²) in [5.74, 6) is 0.667. The van der Waals surface area contributed by atoms with Crippen LogP contribution in [0.1, 0.15) is 0 Å². The molecule has 1 aliphatic rings. The van der Waals surface area contributed by atoms with Crippen LogP contribution in [0.25, 0.3) is 0 Å². The molecule has 1 heterocycles. The van der Waals surface area contributed by atoms with Crippen molar-refractivity contribution in [1.29, 1.82) is 0 Å². The van der Waals surface area contributed by atoms with Crippen LogP contribution in [-0.2, 0) is 4.74 Å². The van der Waals surface area contributed by atoms with Gasteiger partial charge < -0.3 is 32.2 Å². The van der Waals surface area contributed by atoms with Gasteiger partial charge in [-0.3, -0.25) is 0 Å². The van der Waals surface area contributed by atoms with Gasteiger partial charge in [-0.2, -0.15) is 0 Å². The van der Waals surface area contributed by atoms with E-state index in [4.69, 9.17) is 27.8 Å². The van der Waals surface area contributed by atoms with Crippen molar-refractivity contribution in [3.8, 4) is 0 Å². The molecule has 1 aliphatic heterocycles. The normalized spacial score (nSPS) is 16.3. The molecule has 19 heavy (non-hydrogen) atoms. The molecule has 1 rings (SSSR count). The molecular weight excluding hydrogens is 289 g/mol. The van der Waals surface area contributed by atoms with Gasteiger partial charge in [0.2, 0.25) is 0 Å². The Morgan fingerprint density at radius 1 is 0.895 bits per heavy atom. The summed E-state index contributed by atoms with van der Waals surface area (Å²) in [4.78, 5) is 0. The lowest BCUT2D eigenvalue weighted by Gasteiger charge is -2.06. The van der Waals surface area contributed by atoms with Crippen molar-refractivity contribution < 1.29 is 4.74 Å². The Bertz CT molecular complexity index is 154. The van der Waals surface area contributed by atoms with Crippen LogP contribution in [0.3, 0.4) is 0 Å². The average molecular weight is 318 g/mol. The van der Waals surface area contributed by atoms with E-state index in [0.29, 0.717) is 25.1 Å². The molecule has 1 fully saturated rings. The fourth-order valence-electron chi connectivity index (χ4n) is 1.09. The first-order chi connectivity index (χ1) is 8.85. The monoisotopic (exact) mass is 317 g/mol. The van der Waals surface area contributed by atoms with Gasteiger partial charge in [-0.25, -0.2) is 0 Å². The van der Waals surface area contributed by atoms with E-state index in [1.54, 1.807) is 0 Å². The number of ether oxygens (including phenoxy) is 1. The maximum atomic E-state index is 5.32. The van der Waals surface area contributed by atoms with Gasteiger partial charge in [-0.15, -0.1) is 24.0 Å². The minimum Gasteiger partial charge on any atom is -0.372 e. The van der Waals surface area contributed by atoms with E-state index in [-0.39, 0.29) is 12.4 Å². The first-order valence-corrected chi connectivity index (χ1v) is 7.08. The highest BCUT2D eigenvalue weighted by molar-refractivity contribution is 6.18. The fourth-order valence-corrected chi connectivity index (χ4v) is 1.27. The Balaban J connectivity index is 0. The number of rotatable bonds is 11. The van der Waals surface area contributed by atoms with Crippen molar-refractivity contribution in [2.45, 2.75) is 6.10 Å². The number of hydrogen-bond acceptors (Lipinski definition) is 6. The van der Waals surface area contributed by atoms with Gasteiger partial charge >= 0.3 is 0 Å². The third-order valence-electron chi connectivity index (χ3n) is 2.17. The van der Waals surface area contributed by atoms with Crippen LogP contribution in [0.5, 0.6) is 0 Å². The molecule has 1 unspecified atom stereocenters. The number of nitrogens with two attached hydrogens (primary N) is 2. The second-order valence-corrected chi connectivity index (χ2v) is 4.25. The molecule has 1 saturated heterocycles. The number of epoxide rings is 1. The summed E-state index contributed by atoms with van der Waals surface area (Å²) in [5, 5.41) is 9.71. The van der Waals surface area contributed by atoms with Crippen molar-refractivity contribution in [2.75, 3.05) is 64.8 Å². The van der Waals surface area contributed by atoms with Gasteiger partial charge in [0.25, 0.3) is 0 Å². The summed E-state index contributed by atoms with van der Waals surface area (Å²) >= 11 is 5.27. The van der Waals surface area contributed by atoms with Crippen molar-refractivity contribution in [1.82, 2.24) is 16.0 Å². The molecule has 0 aliphatic carbocycles. The number of alkyl halides is 1. The second kappa shape index (κ2) is 18.3. The van der Waals surface area contributed by atoms with Crippen molar-refractivity contribution in [2.24, 2.45) is 11.5 Å². The highest BCUT2D eigenvalue weighted by Gasteiger charge is 2.19. The number of nitrogens with one attached hydrogen (secondary N) is 3. The van der Waals surface area contributed by atoms with Crippen LogP contribution in [0, 0.1) is 0 Å². The molecule has 0 aromatic rings. The Hall–Kier alpha value is 0.340. The Morgan fingerprint density at radius 3 is 1.47 bits per heavy atom. The van der Waals surface area contributed by atoms with E-state index in [0.717, 1.165) is 45.9 Å². The molecule has 0 aromatic heterocycles. The summed E-state index contributed by atoms with van der Waals surface area (Å²) in [7, 11) is 0. The first-order valence-electron chi connectivity index (χ1n) is 6.55. The molecule has 0 saturated carbocycles. The third kappa shape index (κ3) is 20.8. The maximum Gasteiger partial charge on any atom is 0.0944 e. The van der Waals surface area contributed by atoms with Gasteiger partial charge in [0.1, 0.15) is 0 Å². The van der Waals surface area contributed by atoms with Gasteiger partial charge in [-0.1, -0.05) is 0 Å². The number of hydrogen-bond donors (Lipinski definition) is 5. The van der Waals surface area contributed by atoms with E-state index in [2.05, 4.69) is 16.0 Å². The van der Waals surface area contributed by atoms with Gasteiger partial charge in [-0.05, 0) is 0 Å². The zero-order valence-electron chi connectivity index (χ0n) is 11.5. The van der Waals surface area contributed by atoms with Crippen LogP contribution < -0.4 is 27.4 Å². The van der Waals surface area contributed by atoms with E-state index in [1.165, 1.54) is 0 Å². The molecule has 1 atom stereocenters. The first kappa shape index (κ1) is 21.6. The highest BCUT2D eigenvalue weighted by atomic mass is 35.5. The summed E-state index contributed by atoms with van der Waals surface area (Å²) in [6.45, 7) is 8.02. The second-order valence-electron chi connectivity index (χ2n) is 3.94. The summed E-state index contributed by atoms with van der Waals surface area (Å²) in [5.41, 5.74) is 10.6. The van der Waals surface area contributed by atoms with Gasteiger partial charge in [0.15, 0.2) is 0 Å². The van der Waals surface area contributed by atoms with Crippen molar-refractivity contribution in [3.63, 3.8) is 0 Å². The lowest BCUT2D eigenvalue weighted by atomic mass is 10.5. The number of halogens is 2. The summed E-state index contributed by atoms with van der Waals surface area (Å²) in [6.07, 6.45) is 0.400. The quantitative estimate of drug-likeness (QED) is 0.185. The van der Waals surface area contributed by atoms with Gasteiger partial charge in [0.05, 0.1) is 18.6 Å². The highest BCUT2D eigenvalue weighted by Crippen LogP contribution is 2.08. The third-order valence-corrected chi connectivity index (χ3v) is 2.52. The van der Waals surface area contributed by atoms with E-state index in [1.807, 2.05) is 0 Å². The van der Waals surface area contributed by atoms with Gasteiger partial charge in [0, 0.05) is 52.4 Å². The minimum absolute atomic E-state index is 0. The van der Waals surface area contributed by atoms with Crippen molar-refractivity contribution >= 4 is 24.0 Å². The van der Waals surface area contributed by atoms with E-state index < -0.39 is 0 Å². The zero-order valence-corrected chi connectivity index (χ0v) is 13.1. The van der Waals surface area contributed by atoms with E-state index >= 15 is 0 Å². The largest absolute Gasteiger partial charge is 0.372 e. The molecular formula is C11H29Cl2N5O. The minimum atomic E-state index is 0. The Labute approximate surface area is 127 Å². The summed E-state index contributed by atoms with van der Waals surface area (Å²) in [6, 6.07) is 0. The van der Waals surface area contributed by atoms with Crippen molar-refractivity contribution in [3.05, 3.63) is 0 Å².